The first kappa shape index (κ1) is 11.0. The zero-order valence-electron chi connectivity index (χ0n) is 5.47. The van der Waals surface area contributed by atoms with Gasteiger partial charge in [-0.05, 0) is 18.2 Å². The standard InChI is InChI=1S/C6H6Cl2N2.BrH/c7-4-1-2-6(10-9)5(8)3-4;/h1-3,10H,9H2;1H. The molecule has 0 heterocycles. The molecular weight excluding hydrogens is 251 g/mol. The lowest BCUT2D eigenvalue weighted by molar-refractivity contribution is 1.35. The van der Waals surface area contributed by atoms with E-state index in [0.29, 0.717) is 15.7 Å². The zero-order chi connectivity index (χ0) is 7.56. The molecule has 0 unspecified atom stereocenters. The highest BCUT2D eigenvalue weighted by molar-refractivity contribution is 8.93. The lowest BCUT2D eigenvalue weighted by atomic mass is 10.3. The molecule has 2 nitrogen and oxygen atoms in total. The number of nitrogens with one attached hydrogen (secondary N) is 1. The minimum Gasteiger partial charge on any atom is -0.323 e. The van der Waals surface area contributed by atoms with E-state index in [9.17, 15) is 0 Å². The van der Waals surface area contributed by atoms with Crippen molar-refractivity contribution in [3.63, 3.8) is 0 Å². The van der Waals surface area contributed by atoms with E-state index in [1.807, 2.05) is 0 Å². The van der Waals surface area contributed by atoms with E-state index >= 15 is 0 Å². The summed E-state index contributed by atoms with van der Waals surface area (Å²) in [6.45, 7) is 0. The molecular formula is C6H7BrCl2N2. The number of hydrogen-bond acceptors (Lipinski definition) is 2. The van der Waals surface area contributed by atoms with Crippen molar-refractivity contribution < 1.29 is 0 Å². The van der Waals surface area contributed by atoms with Gasteiger partial charge in [-0.25, -0.2) is 0 Å². The van der Waals surface area contributed by atoms with Crippen LogP contribution in [0.25, 0.3) is 0 Å². The van der Waals surface area contributed by atoms with Crippen molar-refractivity contribution >= 4 is 45.9 Å². The normalized spacial score (nSPS) is 8.64. The molecule has 0 aliphatic heterocycles. The quantitative estimate of drug-likeness (QED) is 0.600. The maximum Gasteiger partial charge on any atom is 0.0672 e. The summed E-state index contributed by atoms with van der Waals surface area (Å²) in [6.07, 6.45) is 0. The molecule has 0 fully saturated rings. The number of halogens is 3. The van der Waals surface area contributed by atoms with Gasteiger partial charge in [-0.1, -0.05) is 23.2 Å². The summed E-state index contributed by atoms with van der Waals surface area (Å²) in [4.78, 5) is 0. The topological polar surface area (TPSA) is 38.0 Å². The van der Waals surface area contributed by atoms with E-state index in [2.05, 4.69) is 5.43 Å². The number of hydrogen-bond donors (Lipinski definition) is 2. The lowest BCUT2D eigenvalue weighted by Crippen LogP contribution is -2.06. The van der Waals surface area contributed by atoms with Crippen molar-refractivity contribution in [1.82, 2.24) is 0 Å². The minimum absolute atomic E-state index is 0. The van der Waals surface area contributed by atoms with Gasteiger partial charge in [0.2, 0.25) is 0 Å². The van der Waals surface area contributed by atoms with Crippen LogP contribution in [-0.4, -0.2) is 0 Å². The third kappa shape index (κ3) is 2.87. The molecule has 0 amide bonds. The van der Waals surface area contributed by atoms with Gasteiger partial charge in [0.25, 0.3) is 0 Å². The molecule has 0 atom stereocenters. The summed E-state index contributed by atoms with van der Waals surface area (Å²) < 4.78 is 0. The molecule has 0 radical (unpaired) electrons. The lowest BCUT2D eigenvalue weighted by Gasteiger charge is -2.01. The summed E-state index contributed by atoms with van der Waals surface area (Å²) in [6, 6.07) is 5.05. The van der Waals surface area contributed by atoms with Gasteiger partial charge in [-0.2, -0.15) is 0 Å². The van der Waals surface area contributed by atoms with Gasteiger partial charge in [0.05, 0.1) is 10.7 Å². The van der Waals surface area contributed by atoms with E-state index in [-0.39, 0.29) is 17.0 Å². The second-order valence-electron chi connectivity index (χ2n) is 1.77. The van der Waals surface area contributed by atoms with Gasteiger partial charge in [0.1, 0.15) is 0 Å². The summed E-state index contributed by atoms with van der Waals surface area (Å²) in [5.41, 5.74) is 3.10. The molecule has 0 aromatic heterocycles. The predicted molar refractivity (Wildman–Crippen MR) is 54.6 cm³/mol. The Bertz CT molecular complexity index is 242. The Hall–Kier alpha value is 0.0400. The van der Waals surface area contributed by atoms with Crippen LogP contribution in [0.5, 0.6) is 0 Å². The fourth-order valence-corrected chi connectivity index (χ4v) is 1.07. The summed E-state index contributed by atoms with van der Waals surface area (Å²) >= 11 is 11.3. The van der Waals surface area contributed by atoms with Crippen LogP contribution in [0, 0.1) is 0 Å². The molecule has 11 heavy (non-hydrogen) atoms. The van der Waals surface area contributed by atoms with Crippen LogP contribution in [0.3, 0.4) is 0 Å². The molecule has 0 aliphatic carbocycles. The number of nitrogen functional groups attached to an aromatic ring is 1. The van der Waals surface area contributed by atoms with Crippen LogP contribution in [0.4, 0.5) is 5.69 Å². The Morgan fingerprint density at radius 3 is 2.36 bits per heavy atom. The minimum atomic E-state index is 0. The monoisotopic (exact) mass is 256 g/mol. The van der Waals surface area contributed by atoms with E-state index in [1.165, 1.54) is 0 Å². The van der Waals surface area contributed by atoms with Crippen LogP contribution in [0.2, 0.25) is 10.0 Å². The molecule has 0 saturated heterocycles. The van der Waals surface area contributed by atoms with Crippen LogP contribution < -0.4 is 11.3 Å². The third-order valence-corrected chi connectivity index (χ3v) is 1.63. The van der Waals surface area contributed by atoms with Gasteiger partial charge in [-0.15, -0.1) is 17.0 Å². The molecule has 0 bridgehead atoms. The first-order valence-electron chi connectivity index (χ1n) is 2.65. The molecule has 1 aromatic rings. The average molecular weight is 258 g/mol. The van der Waals surface area contributed by atoms with Crippen LogP contribution in [0.1, 0.15) is 0 Å². The van der Waals surface area contributed by atoms with E-state index in [1.54, 1.807) is 18.2 Å². The molecule has 5 heteroatoms. The fraction of sp³-hybridized carbons (Fsp3) is 0. The molecule has 1 rings (SSSR count). The molecule has 62 valence electrons. The van der Waals surface area contributed by atoms with Crippen molar-refractivity contribution in [2.75, 3.05) is 5.43 Å². The number of nitrogens with two attached hydrogens (primary N) is 1. The number of anilines is 1. The van der Waals surface area contributed by atoms with Gasteiger partial charge >= 0.3 is 0 Å². The van der Waals surface area contributed by atoms with E-state index in [4.69, 9.17) is 29.0 Å². The SMILES string of the molecule is Br.NNc1ccc(Cl)cc1Cl. The van der Waals surface area contributed by atoms with Gasteiger partial charge in [0, 0.05) is 5.02 Å². The van der Waals surface area contributed by atoms with E-state index < -0.39 is 0 Å². The van der Waals surface area contributed by atoms with Crippen molar-refractivity contribution in [2.45, 2.75) is 0 Å². The van der Waals surface area contributed by atoms with Gasteiger partial charge in [0.15, 0.2) is 0 Å². The Kier molecular flexibility index (Phi) is 4.84. The maximum atomic E-state index is 5.70. The molecule has 0 aliphatic rings. The Labute approximate surface area is 85.4 Å². The number of benzene rings is 1. The maximum absolute atomic E-state index is 5.70. The van der Waals surface area contributed by atoms with Crippen LogP contribution in [-0.2, 0) is 0 Å². The van der Waals surface area contributed by atoms with Crippen LogP contribution in [0.15, 0.2) is 18.2 Å². The molecule has 3 N–H and O–H groups in total. The molecule has 0 spiro atoms. The highest BCUT2D eigenvalue weighted by atomic mass is 79.9. The fourth-order valence-electron chi connectivity index (χ4n) is 0.607. The second-order valence-corrected chi connectivity index (χ2v) is 2.61. The van der Waals surface area contributed by atoms with Gasteiger partial charge < -0.3 is 5.43 Å². The van der Waals surface area contributed by atoms with E-state index in [0.717, 1.165) is 0 Å². The third-order valence-electron chi connectivity index (χ3n) is 1.09. The largest absolute Gasteiger partial charge is 0.323 e. The molecule has 1 aromatic carbocycles. The first-order chi connectivity index (χ1) is 4.74. The highest BCUT2D eigenvalue weighted by Crippen LogP contribution is 2.23. The smallest absolute Gasteiger partial charge is 0.0672 e. The Balaban J connectivity index is 0.000001000. The highest BCUT2D eigenvalue weighted by Gasteiger charge is 1.96. The molecule has 0 saturated carbocycles. The Morgan fingerprint density at radius 1 is 1.27 bits per heavy atom. The number of rotatable bonds is 1. The van der Waals surface area contributed by atoms with Crippen molar-refractivity contribution in [3.05, 3.63) is 28.2 Å². The number of hydrazine groups is 1. The predicted octanol–water partition coefficient (Wildman–Crippen LogP) is 2.86. The van der Waals surface area contributed by atoms with Crippen molar-refractivity contribution in [1.29, 1.82) is 0 Å². The van der Waals surface area contributed by atoms with Crippen LogP contribution >= 0.6 is 40.2 Å². The average Bonchev–Trinajstić information content (AvgIpc) is 1.88. The van der Waals surface area contributed by atoms with Crippen molar-refractivity contribution in [2.24, 2.45) is 5.84 Å². The Morgan fingerprint density at radius 2 is 1.91 bits per heavy atom. The summed E-state index contributed by atoms with van der Waals surface area (Å²) in [5, 5.41) is 1.12. The van der Waals surface area contributed by atoms with Gasteiger partial charge in [-0.3, -0.25) is 5.84 Å². The first-order valence-corrected chi connectivity index (χ1v) is 3.41. The van der Waals surface area contributed by atoms with Crippen molar-refractivity contribution in [3.8, 4) is 0 Å². The summed E-state index contributed by atoms with van der Waals surface area (Å²) in [5.74, 6) is 5.12. The zero-order valence-corrected chi connectivity index (χ0v) is 8.70. The summed E-state index contributed by atoms with van der Waals surface area (Å²) in [7, 11) is 0. The second kappa shape index (κ2) is 4.83.